The predicted octanol–water partition coefficient (Wildman–Crippen LogP) is 2.82. The van der Waals surface area contributed by atoms with E-state index in [0.29, 0.717) is 31.5 Å². The van der Waals surface area contributed by atoms with Gasteiger partial charge in [0, 0.05) is 19.0 Å². The molecule has 6 heteroatoms. The van der Waals surface area contributed by atoms with Crippen LogP contribution in [0.15, 0.2) is 24.3 Å². The molecule has 2 aliphatic heterocycles. The smallest absolute Gasteiger partial charge is 0.407 e. The summed E-state index contributed by atoms with van der Waals surface area (Å²) in [5, 5.41) is 2.86. The largest absolute Gasteiger partial charge is 0.490 e. The number of carbonyl (C=O) groups is 2. The van der Waals surface area contributed by atoms with E-state index in [0.717, 1.165) is 31.7 Å². The second-order valence-corrected chi connectivity index (χ2v) is 8.57. The van der Waals surface area contributed by atoms with Gasteiger partial charge in [0.2, 0.25) is 5.91 Å². The first kappa shape index (κ1) is 16.9. The summed E-state index contributed by atoms with van der Waals surface area (Å²) in [7, 11) is 0. The number of rotatable bonds is 4. The van der Waals surface area contributed by atoms with Gasteiger partial charge < -0.3 is 19.7 Å². The molecule has 2 saturated carbocycles. The molecule has 4 aliphatic rings. The zero-order valence-electron chi connectivity index (χ0n) is 15.5. The molecule has 2 saturated heterocycles. The molecule has 1 aromatic carbocycles. The van der Waals surface area contributed by atoms with E-state index in [1.807, 2.05) is 4.90 Å². The molecule has 4 fully saturated rings. The van der Waals surface area contributed by atoms with Gasteiger partial charge in [-0.05, 0) is 62.1 Å². The van der Waals surface area contributed by atoms with Crippen LogP contribution in [0.4, 0.5) is 4.79 Å². The summed E-state index contributed by atoms with van der Waals surface area (Å²) in [6.45, 7) is 2.03. The van der Waals surface area contributed by atoms with Crippen LogP contribution in [0.25, 0.3) is 0 Å². The van der Waals surface area contributed by atoms with E-state index in [9.17, 15) is 9.59 Å². The van der Waals surface area contributed by atoms with Crippen LogP contribution < -0.4 is 10.1 Å². The van der Waals surface area contributed by atoms with E-state index in [1.165, 1.54) is 18.4 Å². The van der Waals surface area contributed by atoms with Crippen molar-refractivity contribution in [1.82, 2.24) is 10.2 Å². The van der Waals surface area contributed by atoms with Crippen LogP contribution in [0.3, 0.4) is 0 Å². The number of carbonyl (C=O) groups excluding carboxylic acids is 2. The van der Waals surface area contributed by atoms with Crippen molar-refractivity contribution in [2.24, 2.45) is 5.92 Å². The maximum atomic E-state index is 12.8. The zero-order chi connectivity index (χ0) is 18.4. The molecule has 0 bridgehead atoms. The van der Waals surface area contributed by atoms with E-state index >= 15 is 0 Å². The first-order valence-corrected chi connectivity index (χ1v) is 10.1. The summed E-state index contributed by atoms with van der Waals surface area (Å²) in [6.07, 6.45) is 5.86. The molecular formula is C21H26N2O4. The van der Waals surface area contributed by atoms with Gasteiger partial charge in [-0.2, -0.15) is 0 Å². The molecule has 0 unspecified atom stereocenters. The lowest BCUT2D eigenvalue weighted by molar-refractivity contribution is -0.142. The maximum absolute atomic E-state index is 12.8. The van der Waals surface area contributed by atoms with Gasteiger partial charge in [-0.15, -0.1) is 0 Å². The lowest BCUT2D eigenvalue weighted by Gasteiger charge is -2.45. The SMILES string of the molecule is O=C1NC2(CO1)CC(C(=O)N1CCC(c3ccc(OC4CC4)cc3)CC1)C2. The van der Waals surface area contributed by atoms with Crippen molar-refractivity contribution < 1.29 is 19.1 Å². The zero-order valence-corrected chi connectivity index (χ0v) is 15.5. The van der Waals surface area contributed by atoms with E-state index in [1.54, 1.807) is 0 Å². The Bertz CT molecular complexity index is 729. The molecule has 2 aliphatic carbocycles. The van der Waals surface area contributed by atoms with Crippen LogP contribution in [0.1, 0.15) is 50.0 Å². The Balaban J connectivity index is 1.11. The Hall–Kier alpha value is -2.24. The number of hydrogen-bond donors (Lipinski definition) is 1. The van der Waals surface area contributed by atoms with Crippen LogP contribution in [0.2, 0.25) is 0 Å². The lowest BCUT2D eigenvalue weighted by Crippen LogP contribution is -2.58. The van der Waals surface area contributed by atoms with Crippen LogP contribution in [-0.4, -0.2) is 48.2 Å². The van der Waals surface area contributed by atoms with Crippen molar-refractivity contribution >= 4 is 12.0 Å². The highest BCUT2D eigenvalue weighted by atomic mass is 16.6. The number of cyclic esters (lactones) is 1. The standard InChI is InChI=1S/C21H26N2O4/c24-19(16-11-21(12-16)13-26-20(25)22-21)23-9-7-15(8-10-23)14-1-3-17(4-2-14)27-18-5-6-18/h1-4,15-16,18H,5-13H2,(H,22,25). The summed E-state index contributed by atoms with van der Waals surface area (Å²) >= 11 is 0. The van der Waals surface area contributed by atoms with E-state index < -0.39 is 0 Å². The van der Waals surface area contributed by atoms with Crippen molar-refractivity contribution in [1.29, 1.82) is 0 Å². The predicted molar refractivity (Wildman–Crippen MR) is 98.6 cm³/mol. The van der Waals surface area contributed by atoms with Gasteiger partial charge in [-0.3, -0.25) is 4.79 Å². The summed E-state index contributed by atoms with van der Waals surface area (Å²) in [6, 6.07) is 8.52. The topological polar surface area (TPSA) is 67.9 Å². The van der Waals surface area contributed by atoms with Gasteiger partial charge in [-0.1, -0.05) is 12.1 Å². The van der Waals surface area contributed by atoms with Gasteiger partial charge in [-0.25, -0.2) is 4.79 Å². The number of likely N-dealkylation sites (tertiary alicyclic amines) is 1. The number of hydrogen-bond acceptors (Lipinski definition) is 4. The third-order valence-corrected chi connectivity index (χ3v) is 6.46. The normalized spacial score (nSPS) is 30.6. The highest BCUT2D eigenvalue weighted by Crippen LogP contribution is 2.42. The Morgan fingerprint density at radius 2 is 1.81 bits per heavy atom. The van der Waals surface area contributed by atoms with Crippen molar-refractivity contribution in [3.05, 3.63) is 29.8 Å². The first-order valence-electron chi connectivity index (χ1n) is 10.1. The van der Waals surface area contributed by atoms with Gasteiger partial charge in [0.1, 0.15) is 12.4 Å². The van der Waals surface area contributed by atoms with Crippen LogP contribution in [-0.2, 0) is 9.53 Å². The fourth-order valence-electron chi connectivity index (χ4n) is 4.66. The van der Waals surface area contributed by atoms with Crippen molar-refractivity contribution in [3.8, 4) is 5.75 Å². The first-order chi connectivity index (χ1) is 13.1. The van der Waals surface area contributed by atoms with Crippen molar-refractivity contribution in [2.75, 3.05) is 19.7 Å². The lowest BCUT2D eigenvalue weighted by atomic mass is 9.68. The third-order valence-electron chi connectivity index (χ3n) is 6.46. The molecule has 0 radical (unpaired) electrons. The average molecular weight is 370 g/mol. The van der Waals surface area contributed by atoms with Crippen LogP contribution in [0, 0.1) is 5.92 Å². The summed E-state index contributed by atoms with van der Waals surface area (Å²) in [5.41, 5.74) is 1.07. The Kier molecular flexibility index (Phi) is 4.02. The summed E-state index contributed by atoms with van der Waals surface area (Å²) in [5.74, 6) is 1.76. The minimum absolute atomic E-state index is 0.0300. The molecule has 2 amide bonds. The highest BCUT2D eigenvalue weighted by Gasteiger charge is 2.53. The van der Waals surface area contributed by atoms with E-state index in [4.69, 9.17) is 9.47 Å². The molecule has 144 valence electrons. The Morgan fingerprint density at radius 3 is 2.41 bits per heavy atom. The van der Waals surface area contributed by atoms with E-state index in [2.05, 4.69) is 29.6 Å². The number of piperidine rings is 1. The molecule has 2 heterocycles. The van der Waals surface area contributed by atoms with E-state index in [-0.39, 0.29) is 23.5 Å². The monoisotopic (exact) mass is 370 g/mol. The fourth-order valence-corrected chi connectivity index (χ4v) is 4.66. The summed E-state index contributed by atoms with van der Waals surface area (Å²) < 4.78 is 10.8. The number of alkyl carbamates (subject to hydrolysis) is 1. The molecule has 0 atom stereocenters. The number of benzene rings is 1. The number of amides is 2. The van der Waals surface area contributed by atoms with Gasteiger partial charge in [0.25, 0.3) is 0 Å². The molecular weight excluding hydrogens is 344 g/mol. The minimum Gasteiger partial charge on any atom is -0.490 e. The molecule has 6 nitrogen and oxygen atoms in total. The molecule has 5 rings (SSSR count). The molecule has 27 heavy (non-hydrogen) atoms. The fraction of sp³-hybridized carbons (Fsp3) is 0.619. The second kappa shape index (κ2) is 6.43. The molecule has 1 aromatic rings. The van der Waals surface area contributed by atoms with Gasteiger partial charge >= 0.3 is 6.09 Å². The van der Waals surface area contributed by atoms with Crippen LogP contribution >= 0.6 is 0 Å². The second-order valence-electron chi connectivity index (χ2n) is 8.57. The highest BCUT2D eigenvalue weighted by molar-refractivity contribution is 5.81. The third kappa shape index (κ3) is 3.37. The summed E-state index contributed by atoms with van der Waals surface area (Å²) in [4.78, 5) is 26.0. The average Bonchev–Trinajstić information content (AvgIpc) is 3.39. The molecule has 1 spiro atoms. The molecule has 0 aromatic heterocycles. The van der Waals surface area contributed by atoms with Gasteiger partial charge in [0.15, 0.2) is 0 Å². The van der Waals surface area contributed by atoms with Crippen molar-refractivity contribution in [2.45, 2.75) is 56.1 Å². The number of nitrogens with one attached hydrogen (secondary N) is 1. The Labute approximate surface area is 159 Å². The van der Waals surface area contributed by atoms with Crippen LogP contribution in [0.5, 0.6) is 5.75 Å². The number of ether oxygens (including phenoxy) is 2. The van der Waals surface area contributed by atoms with Crippen molar-refractivity contribution in [3.63, 3.8) is 0 Å². The van der Waals surface area contributed by atoms with Gasteiger partial charge in [0.05, 0.1) is 11.6 Å². The molecule has 1 N–H and O–H groups in total. The number of nitrogens with zero attached hydrogens (tertiary/aromatic N) is 1. The maximum Gasteiger partial charge on any atom is 0.407 e. The quantitative estimate of drug-likeness (QED) is 0.885. The Morgan fingerprint density at radius 1 is 1.11 bits per heavy atom. The minimum atomic E-state index is -0.352.